The molecule has 0 radical (unpaired) electrons. The number of carbonyl (C=O) groups excluding carboxylic acids is 1. The second-order valence-corrected chi connectivity index (χ2v) is 4.67. The van der Waals surface area contributed by atoms with Crippen molar-refractivity contribution in [2.24, 2.45) is 0 Å². The average molecular weight is 341 g/mol. The van der Waals surface area contributed by atoms with Crippen molar-refractivity contribution in [1.82, 2.24) is 4.98 Å². The number of halogens is 1. The molecule has 0 aliphatic rings. The molecular formula is C12H9BrN2O5. The van der Waals surface area contributed by atoms with Gasteiger partial charge in [-0.1, -0.05) is 0 Å². The first kappa shape index (κ1) is 14.2. The van der Waals surface area contributed by atoms with Gasteiger partial charge in [0.15, 0.2) is 0 Å². The van der Waals surface area contributed by atoms with E-state index in [9.17, 15) is 20.0 Å². The summed E-state index contributed by atoms with van der Waals surface area (Å²) >= 11 is 3.20. The van der Waals surface area contributed by atoms with E-state index >= 15 is 0 Å². The van der Waals surface area contributed by atoms with E-state index in [0.717, 1.165) is 6.20 Å². The number of aromatic nitrogens is 1. The summed E-state index contributed by atoms with van der Waals surface area (Å²) < 4.78 is 5.30. The summed E-state index contributed by atoms with van der Waals surface area (Å²) in [6.45, 7) is 1.86. The van der Waals surface area contributed by atoms with Crippen LogP contribution in [0.1, 0.15) is 17.3 Å². The maximum absolute atomic E-state index is 11.8. The van der Waals surface area contributed by atoms with E-state index in [1.165, 1.54) is 12.1 Å². The van der Waals surface area contributed by atoms with Crippen molar-refractivity contribution in [1.29, 1.82) is 0 Å². The van der Waals surface area contributed by atoms with Crippen LogP contribution in [0.2, 0.25) is 0 Å². The predicted octanol–water partition coefficient (Wildman–Crippen LogP) is 2.79. The zero-order valence-electron chi connectivity index (χ0n) is 10.3. The molecule has 1 heterocycles. The number of aromatic hydroxyl groups is 1. The second kappa shape index (κ2) is 5.41. The molecule has 0 amide bonds. The first-order chi connectivity index (χ1) is 9.45. The summed E-state index contributed by atoms with van der Waals surface area (Å²) in [4.78, 5) is 25.7. The third-order valence-electron chi connectivity index (χ3n) is 2.60. The molecular weight excluding hydrogens is 332 g/mol. The number of hydrogen-bond acceptors (Lipinski definition) is 6. The van der Waals surface area contributed by atoms with Crippen molar-refractivity contribution >= 4 is 38.5 Å². The topological polar surface area (TPSA) is 103 Å². The Kier molecular flexibility index (Phi) is 3.84. The van der Waals surface area contributed by atoms with Crippen LogP contribution < -0.4 is 0 Å². The van der Waals surface area contributed by atoms with Crippen LogP contribution in [0.5, 0.6) is 5.75 Å². The molecule has 0 atom stereocenters. The molecule has 0 spiro atoms. The zero-order chi connectivity index (χ0) is 14.9. The number of benzene rings is 1. The van der Waals surface area contributed by atoms with Crippen LogP contribution in [0.15, 0.2) is 22.8 Å². The van der Waals surface area contributed by atoms with Crippen LogP contribution in [-0.4, -0.2) is 27.6 Å². The molecule has 8 heteroatoms. The monoisotopic (exact) mass is 340 g/mol. The van der Waals surface area contributed by atoms with E-state index in [4.69, 9.17) is 4.74 Å². The number of hydrogen-bond donors (Lipinski definition) is 1. The lowest BCUT2D eigenvalue weighted by atomic mass is 10.1. The number of nitro groups is 1. The highest BCUT2D eigenvalue weighted by atomic mass is 79.9. The van der Waals surface area contributed by atoms with Crippen molar-refractivity contribution in [2.45, 2.75) is 6.92 Å². The van der Waals surface area contributed by atoms with E-state index < -0.39 is 22.3 Å². The van der Waals surface area contributed by atoms with Gasteiger partial charge in [-0.3, -0.25) is 10.1 Å². The van der Waals surface area contributed by atoms with Crippen LogP contribution >= 0.6 is 15.9 Å². The smallest absolute Gasteiger partial charge is 0.339 e. The molecule has 2 aromatic rings. The molecule has 0 saturated carbocycles. The quantitative estimate of drug-likeness (QED) is 0.523. The fourth-order valence-electron chi connectivity index (χ4n) is 1.69. The molecule has 7 nitrogen and oxygen atoms in total. The number of carbonyl (C=O) groups is 1. The Morgan fingerprint density at radius 2 is 2.25 bits per heavy atom. The van der Waals surface area contributed by atoms with Gasteiger partial charge >= 0.3 is 11.7 Å². The van der Waals surface area contributed by atoms with Gasteiger partial charge in [-0.25, -0.2) is 9.78 Å². The average Bonchev–Trinajstić information content (AvgIpc) is 2.38. The summed E-state index contributed by atoms with van der Waals surface area (Å²) in [5.74, 6) is -1.12. The number of nitrogens with zero attached hydrogens (tertiary/aromatic N) is 2. The molecule has 0 unspecified atom stereocenters. The first-order valence-corrected chi connectivity index (χ1v) is 6.37. The molecule has 2 rings (SSSR count). The van der Waals surface area contributed by atoms with Crippen LogP contribution in [-0.2, 0) is 4.74 Å². The zero-order valence-corrected chi connectivity index (χ0v) is 11.9. The van der Waals surface area contributed by atoms with Crippen molar-refractivity contribution in [3.63, 3.8) is 0 Å². The Balaban J connectivity index is 2.69. The minimum atomic E-state index is -0.742. The van der Waals surface area contributed by atoms with Gasteiger partial charge in [-0.05, 0) is 35.0 Å². The predicted molar refractivity (Wildman–Crippen MR) is 73.7 cm³/mol. The van der Waals surface area contributed by atoms with Crippen LogP contribution in [0.25, 0.3) is 10.9 Å². The highest BCUT2D eigenvalue weighted by Crippen LogP contribution is 2.35. The number of esters is 1. The SMILES string of the molecule is CCOC(=O)c1cc2c(O)c([N+](=O)[O-])cnc2cc1Br. The van der Waals surface area contributed by atoms with Gasteiger partial charge in [0.05, 0.1) is 28.0 Å². The third kappa shape index (κ3) is 2.42. The normalized spacial score (nSPS) is 10.5. The largest absolute Gasteiger partial charge is 0.502 e. The molecule has 0 bridgehead atoms. The van der Waals surface area contributed by atoms with Crippen LogP contribution in [0.4, 0.5) is 5.69 Å². The van der Waals surface area contributed by atoms with E-state index in [1.807, 2.05) is 0 Å². The maximum Gasteiger partial charge on any atom is 0.339 e. The molecule has 1 aromatic carbocycles. The number of fused-ring (bicyclic) bond motifs is 1. The minimum absolute atomic E-state index is 0.116. The Bertz CT molecular complexity index is 717. The van der Waals surface area contributed by atoms with Crippen LogP contribution in [0.3, 0.4) is 0 Å². The molecule has 0 aliphatic carbocycles. The van der Waals surface area contributed by atoms with Crippen LogP contribution in [0, 0.1) is 10.1 Å². The summed E-state index contributed by atoms with van der Waals surface area (Å²) in [6, 6.07) is 2.80. The third-order valence-corrected chi connectivity index (χ3v) is 3.26. The highest BCUT2D eigenvalue weighted by Gasteiger charge is 2.20. The minimum Gasteiger partial charge on any atom is -0.502 e. The standard InChI is InChI=1S/C12H9BrN2O5/c1-2-20-12(17)6-3-7-9(4-8(6)13)14-5-10(11(7)16)15(18)19/h3-5H,2H2,1H3,(H,14,16). The Hall–Kier alpha value is -2.22. The number of rotatable bonds is 3. The van der Waals surface area contributed by atoms with E-state index in [0.29, 0.717) is 9.99 Å². The first-order valence-electron chi connectivity index (χ1n) is 5.58. The maximum atomic E-state index is 11.8. The van der Waals surface area contributed by atoms with Gasteiger partial charge in [0.25, 0.3) is 0 Å². The molecule has 1 N–H and O–H groups in total. The molecule has 104 valence electrons. The molecule has 1 aromatic heterocycles. The fraction of sp³-hybridized carbons (Fsp3) is 0.167. The lowest BCUT2D eigenvalue weighted by Crippen LogP contribution is -2.05. The van der Waals surface area contributed by atoms with Gasteiger partial charge in [0.2, 0.25) is 5.75 Å². The summed E-state index contributed by atoms with van der Waals surface area (Å²) in [5.41, 5.74) is -0.0281. The van der Waals surface area contributed by atoms with Crippen molar-refractivity contribution < 1.29 is 19.6 Å². The van der Waals surface area contributed by atoms with E-state index in [1.54, 1.807) is 6.92 Å². The summed E-state index contributed by atoms with van der Waals surface area (Å²) in [7, 11) is 0. The van der Waals surface area contributed by atoms with E-state index in [-0.39, 0.29) is 17.6 Å². The summed E-state index contributed by atoms with van der Waals surface area (Å²) in [6.07, 6.45) is 0.966. The summed E-state index contributed by atoms with van der Waals surface area (Å²) in [5, 5.41) is 20.8. The molecule has 0 aliphatic heterocycles. The van der Waals surface area contributed by atoms with Gasteiger partial charge in [-0.15, -0.1) is 0 Å². The Labute approximate surface area is 121 Å². The van der Waals surface area contributed by atoms with Crippen molar-refractivity contribution in [3.8, 4) is 5.75 Å². The Morgan fingerprint density at radius 3 is 2.85 bits per heavy atom. The van der Waals surface area contributed by atoms with Gasteiger partial charge < -0.3 is 9.84 Å². The van der Waals surface area contributed by atoms with Gasteiger partial charge in [0, 0.05) is 4.47 Å². The number of pyridine rings is 1. The Morgan fingerprint density at radius 1 is 1.55 bits per heavy atom. The molecule has 20 heavy (non-hydrogen) atoms. The van der Waals surface area contributed by atoms with Gasteiger partial charge in [0.1, 0.15) is 6.20 Å². The van der Waals surface area contributed by atoms with E-state index in [2.05, 4.69) is 20.9 Å². The highest BCUT2D eigenvalue weighted by molar-refractivity contribution is 9.10. The van der Waals surface area contributed by atoms with Crippen molar-refractivity contribution in [3.05, 3.63) is 38.5 Å². The van der Waals surface area contributed by atoms with Crippen molar-refractivity contribution in [2.75, 3.05) is 6.61 Å². The molecule has 0 saturated heterocycles. The lowest BCUT2D eigenvalue weighted by molar-refractivity contribution is -0.386. The van der Waals surface area contributed by atoms with Gasteiger partial charge in [-0.2, -0.15) is 0 Å². The second-order valence-electron chi connectivity index (χ2n) is 3.82. The number of ether oxygens (including phenoxy) is 1. The lowest BCUT2D eigenvalue weighted by Gasteiger charge is -2.07. The molecule has 0 fully saturated rings. The fourth-order valence-corrected chi connectivity index (χ4v) is 2.18.